The van der Waals surface area contributed by atoms with Crippen LogP contribution in [0, 0.1) is 18.6 Å². The monoisotopic (exact) mass is 507 g/mol. The first-order chi connectivity index (χ1) is 18.5. The largest absolute Gasteiger partial charge is 0.339 e. The first-order valence-electron chi connectivity index (χ1n) is 12.1. The number of hydrogen-bond acceptors (Lipinski definition) is 5. The zero-order chi connectivity index (χ0) is 26.1. The molecule has 0 fully saturated rings. The van der Waals surface area contributed by atoms with Crippen LogP contribution in [0.15, 0.2) is 85.3 Å². The molecule has 2 aromatic carbocycles. The molecule has 0 aliphatic rings. The summed E-state index contributed by atoms with van der Waals surface area (Å²) in [6.07, 6.45) is 3.40. The summed E-state index contributed by atoms with van der Waals surface area (Å²) in [7, 11) is 0. The van der Waals surface area contributed by atoms with Gasteiger partial charge in [-0.05, 0) is 60.0 Å². The van der Waals surface area contributed by atoms with Crippen molar-refractivity contribution < 1.29 is 8.78 Å². The van der Waals surface area contributed by atoms with Crippen LogP contribution >= 0.6 is 0 Å². The molecule has 9 heteroatoms. The molecule has 0 amide bonds. The van der Waals surface area contributed by atoms with Gasteiger partial charge in [0, 0.05) is 30.1 Å². The Hall–Kier alpha value is -4.76. The topological polar surface area (TPSA) is 83.8 Å². The summed E-state index contributed by atoms with van der Waals surface area (Å²) in [6.45, 7) is 2.87. The number of nitrogens with one attached hydrogen (secondary N) is 2. The summed E-state index contributed by atoms with van der Waals surface area (Å²) in [5.74, 6) is -0.481. The van der Waals surface area contributed by atoms with E-state index in [2.05, 4.69) is 20.4 Å². The van der Waals surface area contributed by atoms with Crippen molar-refractivity contribution in [3.8, 4) is 33.8 Å². The van der Waals surface area contributed by atoms with E-state index in [1.807, 2.05) is 67.7 Å². The Morgan fingerprint density at radius 1 is 0.868 bits per heavy atom. The normalized spacial score (nSPS) is 11.3. The van der Waals surface area contributed by atoms with Crippen molar-refractivity contribution in [2.45, 2.75) is 20.0 Å². The summed E-state index contributed by atoms with van der Waals surface area (Å²) >= 11 is 0. The third kappa shape index (κ3) is 4.79. The van der Waals surface area contributed by atoms with Gasteiger partial charge < -0.3 is 10.3 Å². The van der Waals surface area contributed by atoms with Crippen molar-refractivity contribution in [1.82, 2.24) is 34.9 Å². The van der Waals surface area contributed by atoms with Crippen molar-refractivity contribution >= 4 is 5.65 Å². The van der Waals surface area contributed by atoms with Gasteiger partial charge in [0.05, 0.1) is 23.6 Å². The summed E-state index contributed by atoms with van der Waals surface area (Å²) in [5, 5.41) is 7.66. The van der Waals surface area contributed by atoms with E-state index in [-0.39, 0.29) is 0 Å². The fraction of sp³-hybridized carbons (Fsp3) is 0.103. The second-order valence-electron chi connectivity index (χ2n) is 8.97. The van der Waals surface area contributed by atoms with Gasteiger partial charge in [-0.25, -0.2) is 23.3 Å². The minimum atomic E-state index is -0.604. The lowest BCUT2D eigenvalue weighted by Gasteiger charge is -2.11. The smallest absolute Gasteiger partial charge is 0.155 e. The Kier molecular flexibility index (Phi) is 6.19. The third-order valence-corrected chi connectivity index (χ3v) is 6.24. The van der Waals surface area contributed by atoms with Crippen LogP contribution < -0.4 is 5.32 Å². The van der Waals surface area contributed by atoms with Crippen LogP contribution in [0.5, 0.6) is 0 Å². The van der Waals surface area contributed by atoms with Gasteiger partial charge in [-0.15, -0.1) is 0 Å². The van der Waals surface area contributed by atoms with Crippen molar-refractivity contribution in [1.29, 1.82) is 0 Å². The quantitative estimate of drug-likeness (QED) is 0.289. The lowest BCUT2D eigenvalue weighted by Crippen LogP contribution is -2.14. The van der Waals surface area contributed by atoms with Gasteiger partial charge in [0.25, 0.3) is 0 Å². The molecule has 188 valence electrons. The predicted molar refractivity (Wildman–Crippen MR) is 141 cm³/mol. The lowest BCUT2D eigenvalue weighted by molar-refractivity contribution is 0.584. The van der Waals surface area contributed by atoms with E-state index in [1.54, 1.807) is 4.52 Å². The molecule has 0 radical (unpaired) electrons. The van der Waals surface area contributed by atoms with Crippen LogP contribution in [0.2, 0.25) is 0 Å². The van der Waals surface area contributed by atoms with E-state index in [1.165, 1.54) is 18.5 Å². The Morgan fingerprint density at radius 3 is 2.55 bits per heavy atom. The minimum absolute atomic E-state index is 0.441. The number of aromatic nitrogens is 6. The minimum Gasteiger partial charge on any atom is -0.339 e. The molecule has 4 heterocycles. The van der Waals surface area contributed by atoms with Crippen molar-refractivity contribution in [2.24, 2.45) is 0 Å². The molecular weight excluding hydrogens is 484 g/mol. The van der Waals surface area contributed by atoms with Gasteiger partial charge in [-0.1, -0.05) is 30.3 Å². The summed E-state index contributed by atoms with van der Waals surface area (Å²) in [6, 6.07) is 20.8. The highest BCUT2D eigenvalue weighted by Crippen LogP contribution is 2.30. The molecule has 0 atom stereocenters. The predicted octanol–water partition coefficient (Wildman–Crippen LogP) is 5.72. The van der Waals surface area contributed by atoms with Crippen LogP contribution in [-0.2, 0) is 13.1 Å². The summed E-state index contributed by atoms with van der Waals surface area (Å²) in [5.41, 5.74) is 7.06. The van der Waals surface area contributed by atoms with Gasteiger partial charge in [-0.3, -0.25) is 4.98 Å². The SMILES string of the molecule is Cc1cccc(-c2[nH]c(CNCc3ccccc3-c3cc(F)cc(F)c3)nc2-c2ccc3ncnn3c2)n1. The number of nitrogens with zero attached hydrogens (tertiary/aromatic N) is 5. The molecule has 6 aromatic rings. The number of benzene rings is 2. The number of rotatable bonds is 7. The maximum absolute atomic E-state index is 13.8. The molecule has 0 bridgehead atoms. The van der Waals surface area contributed by atoms with Crippen molar-refractivity contribution in [3.05, 3.63) is 114 Å². The molecule has 6 rings (SSSR count). The molecular formula is C29H23F2N7. The first-order valence-corrected chi connectivity index (χ1v) is 12.1. The van der Waals surface area contributed by atoms with Gasteiger partial charge in [0.1, 0.15) is 23.8 Å². The van der Waals surface area contributed by atoms with E-state index < -0.39 is 11.6 Å². The Labute approximate surface area is 217 Å². The Balaban J connectivity index is 1.29. The third-order valence-electron chi connectivity index (χ3n) is 6.24. The molecule has 0 spiro atoms. The van der Waals surface area contributed by atoms with E-state index >= 15 is 0 Å². The molecule has 38 heavy (non-hydrogen) atoms. The summed E-state index contributed by atoms with van der Waals surface area (Å²) in [4.78, 5) is 17.2. The second kappa shape index (κ2) is 9.95. The fourth-order valence-electron chi connectivity index (χ4n) is 4.52. The molecule has 7 nitrogen and oxygen atoms in total. The van der Waals surface area contributed by atoms with Crippen LogP contribution in [0.3, 0.4) is 0 Å². The highest BCUT2D eigenvalue weighted by molar-refractivity contribution is 5.77. The number of aromatic amines is 1. The van der Waals surface area contributed by atoms with E-state index in [0.29, 0.717) is 18.7 Å². The second-order valence-corrected chi connectivity index (χ2v) is 8.97. The van der Waals surface area contributed by atoms with Gasteiger partial charge in [0.2, 0.25) is 0 Å². The average Bonchev–Trinajstić information content (AvgIpc) is 3.55. The zero-order valence-electron chi connectivity index (χ0n) is 20.5. The van der Waals surface area contributed by atoms with Gasteiger partial charge in [0.15, 0.2) is 5.65 Å². The number of aryl methyl sites for hydroxylation is 1. The molecule has 0 aliphatic heterocycles. The van der Waals surface area contributed by atoms with Gasteiger partial charge >= 0.3 is 0 Å². The zero-order valence-corrected chi connectivity index (χ0v) is 20.5. The number of fused-ring (bicyclic) bond motifs is 1. The molecule has 2 N–H and O–H groups in total. The molecule has 0 aliphatic carbocycles. The number of H-pyrrole nitrogens is 1. The van der Waals surface area contributed by atoms with E-state index in [0.717, 1.165) is 57.0 Å². The maximum Gasteiger partial charge on any atom is 0.155 e. The van der Waals surface area contributed by atoms with Crippen LogP contribution in [0.4, 0.5) is 8.78 Å². The molecule has 0 saturated carbocycles. The Bertz CT molecular complexity index is 1740. The highest BCUT2D eigenvalue weighted by atomic mass is 19.1. The number of imidazole rings is 1. The van der Waals surface area contributed by atoms with Crippen LogP contribution in [0.25, 0.3) is 39.4 Å². The van der Waals surface area contributed by atoms with Gasteiger partial charge in [-0.2, -0.15) is 5.10 Å². The van der Waals surface area contributed by atoms with Crippen molar-refractivity contribution in [2.75, 3.05) is 0 Å². The first kappa shape index (κ1) is 23.6. The molecule has 0 unspecified atom stereocenters. The Morgan fingerprint density at radius 2 is 1.71 bits per heavy atom. The highest BCUT2D eigenvalue weighted by Gasteiger charge is 2.17. The van der Waals surface area contributed by atoms with Crippen molar-refractivity contribution in [3.63, 3.8) is 0 Å². The fourth-order valence-corrected chi connectivity index (χ4v) is 4.52. The van der Waals surface area contributed by atoms with Crippen LogP contribution in [-0.4, -0.2) is 29.5 Å². The number of hydrogen-bond donors (Lipinski definition) is 2. The number of halogens is 2. The molecule has 4 aromatic heterocycles. The summed E-state index contributed by atoms with van der Waals surface area (Å²) < 4.78 is 29.4. The molecule has 0 saturated heterocycles. The lowest BCUT2D eigenvalue weighted by atomic mass is 9.99. The van der Waals surface area contributed by atoms with Crippen LogP contribution in [0.1, 0.15) is 17.1 Å². The standard InChI is InChI=1S/C29H23F2N7/c1-18-5-4-8-25(35-18)29-28(20-9-10-27-33-17-34-38(27)16-20)36-26(37-29)15-32-14-19-6-2-3-7-24(19)21-11-22(30)13-23(31)12-21/h2-13,16-17,32H,14-15H2,1H3,(H,36,37). The van der Waals surface area contributed by atoms with E-state index in [4.69, 9.17) is 9.97 Å². The number of pyridine rings is 2. The maximum atomic E-state index is 13.8. The average molecular weight is 508 g/mol. The van der Waals surface area contributed by atoms with E-state index in [9.17, 15) is 8.78 Å².